The lowest BCUT2D eigenvalue weighted by molar-refractivity contribution is -0.146. The first-order valence-electron chi connectivity index (χ1n) is 9.55. The van der Waals surface area contributed by atoms with Crippen molar-refractivity contribution in [2.24, 2.45) is 17.8 Å². The summed E-state index contributed by atoms with van der Waals surface area (Å²) in [6.07, 6.45) is 12.2. The van der Waals surface area contributed by atoms with Crippen molar-refractivity contribution in [1.29, 1.82) is 0 Å². The fraction of sp³-hybridized carbons (Fsp3) is 0.800. The number of rotatable bonds is 12. The van der Waals surface area contributed by atoms with Crippen molar-refractivity contribution in [3.05, 3.63) is 12.2 Å². The van der Waals surface area contributed by atoms with Gasteiger partial charge in [-0.3, -0.25) is 4.79 Å². The minimum absolute atomic E-state index is 0.145. The molecule has 0 aromatic heterocycles. The van der Waals surface area contributed by atoms with Crippen LogP contribution < -0.4 is 0 Å². The van der Waals surface area contributed by atoms with Crippen LogP contribution in [0.25, 0.3) is 0 Å². The van der Waals surface area contributed by atoms with Crippen LogP contribution in [0, 0.1) is 17.8 Å². The third-order valence-corrected chi connectivity index (χ3v) is 5.14. The monoisotopic (exact) mass is 338 g/mol. The molecule has 1 rings (SSSR count). The second kappa shape index (κ2) is 11.4. The number of ketones is 1. The van der Waals surface area contributed by atoms with E-state index in [1.165, 1.54) is 12.8 Å². The summed E-state index contributed by atoms with van der Waals surface area (Å²) in [4.78, 5) is 22.6. The maximum atomic E-state index is 12.1. The Labute approximate surface area is 146 Å². The summed E-state index contributed by atoms with van der Waals surface area (Å²) >= 11 is 0. The smallest absolute Gasteiger partial charge is 0.332 e. The van der Waals surface area contributed by atoms with Crippen molar-refractivity contribution in [3.8, 4) is 0 Å². The van der Waals surface area contributed by atoms with Crippen LogP contribution in [0.2, 0.25) is 0 Å². The minimum Gasteiger partial charge on any atom is -0.479 e. The highest BCUT2D eigenvalue weighted by Gasteiger charge is 2.32. The van der Waals surface area contributed by atoms with Crippen molar-refractivity contribution in [1.82, 2.24) is 0 Å². The molecule has 1 aliphatic rings. The molecule has 1 aliphatic carbocycles. The number of aliphatic hydroxyl groups excluding tert-OH is 1. The summed E-state index contributed by atoms with van der Waals surface area (Å²) in [6.45, 7) is 4.48. The molecule has 0 heterocycles. The number of aliphatic carboxylic acids is 1. The number of allylic oxidation sites excluding steroid dienone is 2. The Balaban J connectivity index is 2.29. The van der Waals surface area contributed by atoms with Gasteiger partial charge in [0.1, 0.15) is 5.78 Å². The van der Waals surface area contributed by atoms with E-state index < -0.39 is 12.1 Å². The van der Waals surface area contributed by atoms with Gasteiger partial charge in [-0.25, -0.2) is 4.79 Å². The lowest BCUT2D eigenvalue weighted by atomic mass is 9.89. The fourth-order valence-corrected chi connectivity index (χ4v) is 3.64. The van der Waals surface area contributed by atoms with E-state index in [0.29, 0.717) is 36.9 Å². The quantitative estimate of drug-likeness (QED) is 0.409. The molecule has 0 aromatic carbocycles. The zero-order valence-corrected chi connectivity index (χ0v) is 15.2. The van der Waals surface area contributed by atoms with Gasteiger partial charge >= 0.3 is 5.97 Å². The van der Waals surface area contributed by atoms with E-state index in [4.69, 9.17) is 5.11 Å². The molecule has 1 fully saturated rings. The van der Waals surface area contributed by atoms with Gasteiger partial charge in [0.15, 0.2) is 6.10 Å². The van der Waals surface area contributed by atoms with Crippen molar-refractivity contribution in [2.75, 3.05) is 0 Å². The van der Waals surface area contributed by atoms with Crippen molar-refractivity contribution >= 4 is 11.8 Å². The summed E-state index contributed by atoms with van der Waals surface area (Å²) in [5, 5.41) is 17.9. The first-order valence-corrected chi connectivity index (χ1v) is 9.55. The number of carboxylic acid groups (broad SMARTS) is 1. The molecule has 0 radical (unpaired) electrons. The number of unbranched alkanes of at least 4 members (excludes halogenated alkanes) is 2. The van der Waals surface area contributed by atoms with E-state index in [1.54, 1.807) is 0 Å². The van der Waals surface area contributed by atoms with Gasteiger partial charge in [0.2, 0.25) is 0 Å². The van der Waals surface area contributed by atoms with Gasteiger partial charge in [-0.15, -0.1) is 0 Å². The summed E-state index contributed by atoms with van der Waals surface area (Å²) in [6, 6.07) is 0. The molecular weight excluding hydrogens is 304 g/mol. The molecule has 0 amide bonds. The fourth-order valence-electron chi connectivity index (χ4n) is 3.64. The van der Waals surface area contributed by atoms with Crippen LogP contribution in [-0.4, -0.2) is 28.1 Å². The van der Waals surface area contributed by atoms with Crippen LogP contribution in [0.5, 0.6) is 0 Å². The van der Waals surface area contributed by atoms with E-state index in [-0.39, 0.29) is 5.92 Å². The van der Waals surface area contributed by atoms with Crippen LogP contribution in [0.3, 0.4) is 0 Å². The first-order chi connectivity index (χ1) is 11.5. The normalized spacial score (nSPS) is 23.7. The van der Waals surface area contributed by atoms with E-state index in [9.17, 15) is 14.7 Å². The number of carbonyl (C=O) groups is 2. The molecule has 0 bridgehead atoms. The van der Waals surface area contributed by atoms with Gasteiger partial charge in [-0.2, -0.15) is 0 Å². The Morgan fingerprint density at radius 3 is 2.71 bits per heavy atom. The molecular formula is C20H34O4. The van der Waals surface area contributed by atoms with E-state index >= 15 is 0 Å². The maximum absolute atomic E-state index is 12.1. The second-order valence-corrected chi connectivity index (χ2v) is 7.33. The zero-order valence-electron chi connectivity index (χ0n) is 15.2. The summed E-state index contributed by atoms with van der Waals surface area (Å²) in [7, 11) is 0. The SMILES string of the molecule is CCCC(C)CC=C[C@H]1CCC(=O)[C@@H]1CCCCCC(O)C(=O)O. The predicted octanol–water partition coefficient (Wildman–Crippen LogP) is 4.36. The van der Waals surface area contributed by atoms with E-state index in [0.717, 1.165) is 32.1 Å². The van der Waals surface area contributed by atoms with Crippen LogP contribution in [0.15, 0.2) is 12.2 Å². The van der Waals surface area contributed by atoms with E-state index in [2.05, 4.69) is 26.0 Å². The summed E-state index contributed by atoms with van der Waals surface area (Å²) < 4.78 is 0. The van der Waals surface area contributed by atoms with Gasteiger partial charge in [0.05, 0.1) is 0 Å². The Kier molecular flexibility index (Phi) is 9.92. The van der Waals surface area contributed by atoms with Gasteiger partial charge in [-0.05, 0) is 37.5 Å². The lowest BCUT2D eigenvalue weighted by Crippen LogP contribution is -2.19. The van der Waals surface area contributed by atoms with Gasteiger partial charge < -0.3 is 10.2 Å². The Hall–Kier alpha value is -1.16. The number of Topliss-reactive ketones (excluding diaryl/α,β-unsaturated/α-hetero) is 1. The molecule has 4 atom stereocenters. The minimum atomic E-state index is -1.25. The van der Waals surface area contributed by atoms with Gasteiger partial charge in [-0.1, -0.05) is 58.1 Å². The van der Waals surface area contributed by atoms with E-state index in [1.807, 2.05) is 0 Å². The Morgan fingerprint density at radius 1 is 1.29 bits per heavy atom. The third-order valence-electron chi connectivity index (χ3n) is 5.14. The molecule has 2 unspecified atom stereocenters. The molecule has 1 saturated carbocycles. The van der Waals surface area contributed by atoms with Crippen LogP contribution in [0.4, 0.5) is 0 Å². The number of carbonyl (C=O) groups excluding carboxylic acids is 1. The van der Waals surface area contributed by atoms with Crippen molar-refractivity contribution in [2.45, 2.75) is 84.2 Å². The standard InChI is InChI=1S/C20H34O4/c1-3-8-15(2)9-7-10-16-13-14-18(21)17(16)11-5-4-6-12-19(22)20(23)24/h7,10,15-17,19,22H,3-6,8-9,11-14H2,1-2H3,(H,23,24)/t15?,16-,17+,19?/m0/s1. The molecule has 2 N–H and O–H groups in total. The average Bonchev–Trinajstić information content (AvgIpc) is 2.87. The average molecular weight is 338 g/mol. The summed E-state index contributed by atoms with van der Waals surface area (Å²) in [5.74, 6) is 0.478. The molecule has 4 nitrogen and oxygen atoms in total. The van der Waals surface area contributed by atoms with Crippen LogP contribution in [-0.2, 0) is 9.59 Å². The van der Waals surface area contributed by atoms with Gasteiger partial charge in [0, 0.05) is 12.3 Å². The number of carboxylic acids is 1. The lowest BCUT2D eigenvalue weighted by Gasteiger charge is -2.15. The largest absolute Gasteiger partial charge is 0.479 e. The predicted molar refractivity (Wildman–Crippen MR) is 95.8 cm³/mol. The second-order valence-electron chi connectivity index (χ2n) is 7.33. The highest BCUT2D eigenvalue weighted by molar-refractivity contribution is 5.83. The highest BCUT2D eigenvalue weighted by Crippen LogP contribution is 2.34. The first kappa shape index (κ1) is 20.9. The number of aliphatic hydroxyl groups is 1. The maximum Gasteiger partial charge on any atom is 0.332 e. The zero-order chi connectivity index (χ0) is 17.9. The Morgan fingerprint density at radius 2 is 2.04 bits per heavy atom. The van der Waals surface area contributed by atoms with Crippen LogP contribution in [0.1, 0.15) is 78.1 Å². The molecule has 24 heavy (non-hydrogen) atoms. The van der Waals surface area contributed by atoms with Crippen molar-refractivity contribution < 1.29 is 19.8 Å². The molecule has 0 spiro atoms. The highest BCUT2D eigenvalue weighted by atomic mass is 16.4. The molecule has 0 aliphatic heterocycles. The van der Waals surface area contributed by atoms with Gasteiger partial charge in [0.25, 0.3) is 0 Å². The molecule has 0 aromatic rings. The third kappa shape index (κ3) is 7.61. The molecule has 0 saturated heterocycles. The number of hydrogen-bond acceptors (Lipinski definition) is 3. The molecule has 4 heteroatoms. The topological polar surface area (TPSA) is 74.6 Å². The Bertz CT molecular complexity index is 416. The van der Waals surface area contributed by atoms with Crippen LogP contribution >= 0.6 is 0 Å². The summed E-state index contributed by atoms with van der Waals surface area (Å²) in [5.41, 5.74) is 0. The number of hydrogen-bond donors (Lipinski definition) is 2. The van der Waals surface area contributed by atoms with Crippen molar-refractivity contribution in [3.63, 3.8) is 0 Å². The molecule has 138 valence electrons.